The maximum absolute atomic E-state index is 14.1. The van der Waals surface area contributed by atoms with Crippen LogP contribution in [0.1, 0.15) is 36.6 Å². The lowest BCUT2D eigenvalue weighted by atomic mass is 9.93. The van der Waals surface area contributed by atoms with Crippen molar-refractivity contribution in [3.63, 3.8) is 0 Å². The summed E-state index contributed by atoms with van der Waals surface area (Å²) in [5.74, 6) is 0.878. The maximum Gasteiger partial charge on any atom is 0.338 e. The fourth-order valence-corrected chi connectivity index (χ4v) is 7.81. The number of halogens is 2. The third kappa shape index (κ3) is 6.00. The van der Waals surface area contributed by atoms with Gasteiger partial charge in [0.25, 0.3) is 5.56 Å². The fourth-order valence-electron chi connectivity index (χ4n) is 4.71. The number of carbonyl (C=O) groups is 1. The highest BCUT2D eigenvalue weighted by atomic mass is 127. The van der Waals surface area contributed by atoms with Crippen LogP contribution in [-0.2, 0) is 9.53 Å². The van der Waals surface area contributed by atoms with Crippen LogP contribution in [0.3, 0.4) is 0 Å². The van der Waals surface area contributed by atoms with Gasteiger partial charge in [-0.15, -0.1) is 0 Å². The fraction of sp³-hybridized carbons (Fsp3) is 0.194. The Kier molecular flexibility index (Phi) is 9.29. The van der Waals surface area contributed by atoms with E-state index in [1.807, 2.05) is 79.7 Å². The largest absolute Gasteiger partial charge is 0.495 e. The van der Waals surface area contributed by atoms with E-state index in [9.17, 15) is 9.59 Å². The topological polar surface area (TPSA) is 79.1 Å². The van der Waals surface area contributed by atoms with Crippen molar-refractivity contribution in [3.05, 3.63) is 116 Å². The van der Waals surface area contributed by atoms with Gasteiger partial charge in [0.15, 0.2) is 4.80 Å². The van der Waals surface area contributed by atoms with E-state index in [0.717, 1.165) is 23.8 Å². The summed E-state index contributed by atoms with van der Waals surface area (Å²) >= 11 is 5.76. The number of esters is 1. The Morgan fingerprint density at radius 2 is 1.78 bits per heavy atom. The molecule has 0 saturated heterocycles. The van der Waals surface area contributed by atoms with E-state index in [-0.39, 0.29) is 12.2 Å². The average molecular weight is 792 g/mol. The molecule has 3 aromatic carbocycles. The first kappa shape index (κ1) is 29.5. The van der Waals surface area contributed by atoms with Crippen molar-refractivity contribution in [1.82, 2.24) is 4.57 Å². The molecular formula is C31H26I2N2O5S. The van der Waals surface area contributed by atoms with Crippen LogP contribution in [0.5, 0.6) is 11.5 Å². The molecule has 1 aliphatic rings. The van der Waals surface area contributed by atoms with Crippen molar-refractivity contribution < 1.29 is 19.0 Å². The van der Waals surface area contributed by atoms with Crippen molar-refractivity contribution in [2.45, 2.75) is 19.9 Å². The summed E-state index contributed by atoms with van der Waals surface area (Å²) in [4.78, 5) is 33.2. The Labute approximate surface area is 268 Å². The van der Waals surface area contributed by atoms with Crippen LogP contribution in [0.4, 0.5) is 0 Å². The zero-order valence-electron chi connectivity index (χ0n) is 22.5. The Morgan fingerprint density at radius 1 is 1.05 bits per heavy atom. The van der Waals surface area contributed by atoms with Gasteiger partial charge in [0.2, 0.25) is 0 Å². The molecule has 41 heavy (non-hydrogen) atoms. The number of methoxy groups -OCH3 is 1. The number of nitrogens with zero attached hydrogens (tertiary/aromatic N) is 2. The standard InChI is InChI=1S/C31H26I2N2O5S/c1-4-39-22-13-11-19(12-14-22)27-25(30(37)40-5-2)26(18-9-7-6-8-10-18)34-31-35(27)29(36)24(41-31)16-20-15-21(32)17-23(33)28(20)38-3/h6-17,27H,4-5H2,1-3H3/b24-16-/t27-/m0/s1. The average Bonchev–Trinajstić information content (AvgIpc) is 3.27. The molecule has 0 unspecified atom stereocenters. The predicted octanol–water partition coefficient (Wildman–Crippen LogP) is 5.55. The molecular weight excluding hydrogens is 766 g/mol. The Bertz CT molecular complexity index is 1810. The number of benzene rings is 3. The summed E-state index contributed by atoms with van der Waals surface area (Å²) in [6, 6.07) is 20.2. The highest BCUT2D eigenvalue weighted by Gasteiger charge is 2.35. The summed E-state index contributed by atoms with van der Waals surface area (Å²) in [5, 5.41) is 0. The first-order valence-corrected chi connectivity index (χ1v) is 15.9. The summed E-state index contributed by atoms with van der Waals surface area (Å²) in [6.07, 6.45) is 1.83. The van der Waals surface area contributed by atoms with E-state index in [0.29, 0.717) is 38.7 Å². The molecule has 0 saturated carbocycles. The van der Waals surface area contributed by atoms with Gasteiger partial charge in [-0.25, -0.2) is 9.79 Å². The number of hydrogen-bond donors (Lipinski definition) is 0. The van der Waals surface area contributed by atoms with Crippen LogP contribution < -0.4 is 24.4 Å². The number of ether oxygens (including phenoxy) is 3. The molecule has 10 heteroatoms. The highest BCUT2D eigenvalue weighted by Crippen LogP contribution is 2.36. The van der Waals surface area contributed by atoms with E-state index < -0.39 is 12.0 Å². The normalized spacial score (nSPS) is 14.9. The molecule has 4 aromatic rings. The first-order chi connectivity index (χ1) is 19.9. The Morgan fingerprint density at radius 3 is 2.44 bits per heavy atom. The van der Waals surface area contributed by atoms with E-state index >= 15 is 0 Å². The molecule has 1 aliphatic heterocycles. The van der Waals surface area contributed by atoms with Gasteiger partial charge in [-0.3, -0.25) is 9.36 Å². The van der Waals surface area contributed by atoms with Crippen LogP contribution in [0, 0.1) is 7.14 Å². The minimum atomic E-state index is -0.753. The smallest absolute Gasteiger partial charge is 0.338 e. The van der Waals surface area contributed by atoms with E-state index in [4.69, 9.17) is 19.2 Å². The van der Waals surface area contributed by atoms with Gasteiger partial charge >= 0.3 is 5.97 Å². The molecule has 0 fully saturated rings. The van der Waals surface area contributed by atoms with Gasteiger partial charge in [0, 0.05) is 14.7 Å². The minimum Gasteiger partial charge on any atom is -0.495 e. The summed E-state index contributed by atoms with van der Waals surface area (Å²) in [6.45, 7) is 4.40. The van der Waals surface area contributed by atoms with Gasteiger partial charge in [-0.2, -0.15) is 0 Å². The second kappa shape index (κ2) is 12.9. The van der Waals surface area contributed by atoms with Crippen LogP contribution >= 0.6 is 56.5 Å². The number of rotatable bonds is 8. The van der Waals surface area contributed by atoms with Crippen LogP contribution in [-0.4, -0.2) is 30.9 Å². The van der Waals surface area contributed by atoms with E-state index in [1.54, 1.807) is 18.6 Å². The number of thiazole rings is 1. The minimum absolute atomic E-state index is 0.190. The molecule has 2 heterocycles. The molecule has 0 amide bonds. The van der Waals surface area contributed by atoms with Gasteiger partial charge < -0.3 is 14.2 Å². The molecule has 210 valence electrons. The highest BCUT2D eigenvalue weighted by molar-refractivity contribution is 14.1. The summed E-state index contributed by atoms with van der Waals surface area (Å²) in [7, 11) is 1.62. The van der Waals surface area contributed by atoms with Gasteiger partial charge in [-0.05, 0) is 94.9 Å². The zero-order chi connectivity index (χ0) is 29.1. The molecule has 5 rings (SSSR count). The van der Waals surface area contributed by atoms with Crippen molar-refractivity contribution in [2.24, 2.45) is 4.99 Å². The van der Waals surface area contributed by atoms with Gasteiger partial charge in [-0.1, -0.05) is 53.8 Å². The first-order valence-electron chi connectivity index (χ1n) is 12.9. The molecule has 0 spiro atoms. The number of aromatic nitrogens is 1. The zero-order valence-corrected chi connectivity index (χ0v) is 27.7. The maximum atomic E-state index is 14.1. The van der Waals surface area contributed by atoms with Gasteiger partial charge in [0.1, 0.15) is 11.5 Å². The molecule has 1 atom stereocenters. The van der Waals surface area contributed by atoms with Crippen molar-refractivity contribution in [1.29, 1.82) is 0 Å². The van der Waals surface area contributed by atoms with Crippen molar-refractivity contribution in [3.8, 4) is 11.5 Å². The van der Waals surface area contributed by atoms with Crippen molar-refractivity contribution >= 4 is 74.3 Å². The number of carbonyl (C=O) groups excluding carboxylic acids is 1. The van der Waals surface area contributed by atoms with E-state index in [2.05, 4.69) is 45.2 Å². The predicted molar refractivity (Wildman–Crippen MR) is 177 cm³/mol. The monoisotopic (exact) mass is 792 g/mol. The Hall–Kier alpha value is -2.97. The second-order valence-corrected chi connectivity index (χ2v) is 12.4. The van der Waals surface area contributed by atoms with Crippen molar-refractivity contribution in [2.75, 3.05) is 20.3 Å². The number of fused-ring (bicyclic) bond motifs is 1. The van der Waals surface area contributed by atoms with E-state index in [1.165, 1.54) is 11.3 Å². The van der Waals surface area contributed by atoms with Crippen LogP contribution in [0.15, 0.2) is 82.1 Å². The third-order valence-corrected chi connectivity index (χ3v) is 8.82. The molecule has 0 N–H and O–H groups in total. The lowest BCUT2D eigenvalue weighted by Crippen LogP contribution is -2.40. The van der Waals surface area contributed by atoms with Crippen LogP contribution in [0.25, 0.3) is 11.8 Å². The molecule has 0 radical (unpaired) electrons. The summed E-state index contributed by atoms with van der Waals surface area (Å²) < 4.78 is 20.9. The number of hydrogen-bond acceptors (Lipinski definition) is 7. The van der Waals surface area contributed by atoms with Crippen LogP contribution in [0.2, 0.25) is 0 Å². The molecule has 0 bridgehead atoms. The molecule has 1 aromatic heterocycles. The quantitative estimate of drug-likeness (QED) is 0.173. The lowest BCUT2D eigenvalue weighted by molar-refractivity contribution is -0.138. The third-order valence-electron chi connectivity index (χ3n) is 6.41. The lowest BCUT2D eigenvalue weighted by Gasteiger charge is -2.26. The molecule has 0 aliphatic carbocycles. The molecule has 7 nitrogen and oxygen atoms in total. The van der Waals surface area contributed by atoms with Gasteiger partial charge in [0.05, 0.1) is 45.7 Å². The SMILES string of the molecule is CCOC(=O)C1=C(c2ccccc2)N=c2s/c(=C\c3cc(I)cc(I)c3OC)c(=O)n2[C@H]1c1ccc(OCC)cc1. The Balaban J connectivity index is 1.82. The second-order valence-electron chi connectivity index (χ2n) is 8.94. The summed E-state index contributed by atoms with van der Waals surface area (Å²) in [5.41, 5.74) is 2.84.